The van der Waals surface area contributed by atoms with Crippen molar-refractivity contribution in [1.82, 2.24) is 9.46 Å². The second-order valence-corrected chi connectivity index (χ2v) is 12.0. The lowest BCUT2D eigenvalue weighted by Gasteiger charge is -2.39. The van der Waals surface area contributed by atoms with Crippen LogP contribution in [0, 0.1) is 13.8 Å². The number of anilines is 3. The van der Waals surface area contributed by atoms with E-state index < -0.39 is 0 Å². The molecule has 0 N–H and O–H groups in total. The number of benzene rings is 5. The number of para-hydroxylation sites is 2. The molecule has 2 aliphatic heterocycles. The van der Waals surface area contributed by atoms with E-state index in [0.29, 0.717) is 0 Å². The third-order valence-electron chi connectivity index (χ3n) is 8.64. The first-order chi connectivity index (χ1) is 19.7. The van der Waals surface area contributed by atoms with Crippen LogP contribution in [-0.4, -0.2) is 16.3 Å². The van der Waals surface area contributed by atoms with E-state index >= 15 is 0 Å². The molecule has 188 valence electrons. The van der Waals surface area contributed by atoms with E-state index in [1.165, 1.54) is 70.7 Å². The molecule has 0 saturated heterocycles. The smallest absolute Gasteiger partial charge is 0.345 e. The van der Waals surface area contributed by atoms with Gasteiger partial charge in [0.05, 0.1) is 16.7 Å². The van der Waals surface area contributed by atoms with Crippen LogP contribution in [0.2, 0.25) is 0 Å². The van der Waals surface area contributed by atoms with Gasteiger partial charge in [-0.2, -0.15) is 0 Å². The van der Waals surface area contributed by atoms with Crippen LogP contribution < -0.4 is 15.1 Å². The predicted octanol–water partition coefficient (Wildman–Crippen LogP) is 7.95. The average molecular weight is 529 g/mol. The Morgan fingerprint density at radius 1 is 0.700 bits per heavy atom. The molecule has 0 radical (unpaired) electrons. The minimum absolute atomic E-state index is 0.0347. The summed E-state index contributed by atoms with van der Waals surface area (Å²) >= 11 is 1.92. The lowest BCUT2D eigenvalue weighted by atomic mass is 9.48. The van der Waals surface area contributed by atoms with Gasteiger partial charge in [-0.15, -0.1) is 11.3 Å². The maximum atomic E-state index is 5.37. The van der Waals surface area contributed by atoms with Crippen molar-refractivity contribution >= 4 is 66.6 Å². The van der Waals surface area contributed by atoms with Crippen molar-refractivity contribution in [1.29, 1.82) is 0 Å². The van der Waals surface area contributed by atoms with Gasteiger partial charge >= 0.3 is 6.85 Å². The van der Waals surface area contributed by atoms with Gasteiger partial charge in [0, 0.05) is 37.4 Å². The normalized spacial score (nSPS) is 13.2. The zero-order chi connectivity index (χ0) is 26.5. The fourth-order valence-electron chi connectivity index (χ4n) is 7.04. The fraction of sp³-hybridized carbons (Fsp3) is 0.0571. The second kappa shape index (κ2) is 7.97. The van der Waals surface area contributed by atoms with Crippen LogP contribution in [0.4, 0.5) is 17.1 Å². The molecule has 40 heavy (non-hydrogen) atoms. The molecule has 0 bridgehead atoms. The highest BCUT2D eigenvalue weighted by molar-refractivity contribution is 7.31. The zero-order valence-corrected chi connectivity index (χ0v) is 23.0. The number of aryl methyl sites for hydroxylation is 2. The van der Waals surface area contributed by atoms with Crippen LogP contribution in [0.25, 0.3) is 43.6 Å². The Hall–Kier alpha value is -4.61. The van der Waals surface area contributed by atoms with E-state index in [4.69, 9.17) is 4.98 Å². The molecule has 0 aliphatic carbocycles. The molecule has 5 aromatic carbocycles. The van der Waals surface area contributed by atoms with Gasteiger partial charge in [-0.25, -0.2) is 4.98 Å². The molecule has 5 heteroatoms. The summed E-state index contributed by atoms with van der Waals surface area (Å²) in [4.78, 5) is 7.86. The Labute approximate surface area is 237 Å². The molecule has 0 fully saturated rings. The molecule has 3 nitrogen and oxygen atoms in total. The van der Waals surface area contributed by atoms with Crippen molar-refractivity contribution in [3.8, 4) is 22.5 Å². The van der Waals surface area contributed by atoms with Crippen LogP contribution in [0.15, 0.2) is 109 Å². The van der Waals surface area contributed by atoms with Crippen molar-refractivity contribution in [3.05, 3.63) is 120 Å². The second-order valence-electron chi connectivity index (χ2n) is 10.9. The average Bonchev–Trinajstić information content (AvgIpc) is 3.55. The molecule has 7 aromatic rings. The van der Waals surface area contributed by atoms with Crippen molar-refractivity contribution in [3.63, 3.8) is 0 Å². The molecule has 4 heterocycles. The SMILES string of the molecule is Cc1cccc(C)c1-c1nc2cccc3c2n1B1c2sc4ccccc4c2N(c2ccccc2)c2cccc-3c21. The summed E-state index contributed by atoms with van der Waals surface area (Å²) in [6.07, 6.45) is 0. The van der Waals surface area contributed by atoms with Crippen LogP contribution in [0.5, 0.6) is 0 Å². The minimum Gasteiger partial charge on any atom is -0.358 e. The van der Waals surface area contributed by atoms with Gasteiger partial charge in [-0.3, -0.25) is 0 Å². The molecule has 0 unspecified atom stereocenters. The van der Waals surface area contributed by atoms with Crippen LogP contribution in [0.1, 0.15) is 11.1 Å². The highest BCUT2D eigenvalue weighted by atomic mass is 32.1. The van der Waals surface area contributed by atoms with Crippen molar-refractivity contribution in [2.24, 2.45) is 0 Å². The Kier molecular flexibility index (Phi) is 4.43. The first kappa shape index (κ1) is 22.2. The number of hydrogen-bond acceptors (Lipinski definition) is 3. The topological polar surface area (TPSA) is 21.1 Å². The fourth-order valence-corrected chi connectivity index (χ4v) is 8.33. The molecular weight excluding hydrogens is 505 g/mol. The molecule has 0 saturated carbocycles. The molecule has 9 rings (SSSR count). The van der Waals surface area contributed by atoms with E-state index in [0.717, 1.165) is 11.3 Å². The maximum Gasteiger partial charge on any atom is 0.345 e. The predicted molar refractivity (Wildman–Crippen MR) is 171 cm³/mol. The quantitative estimate of drug-likeness (QED) is 0.212. The lowest BCUT2D eigenvalue weighted by molar-refractivity contribution is 1.18. The summed E-state index contributed by atoms with van der Waals surface area (Å²) in [6, 6.07) is 39.7. The maximum absolute atomic E-state index is 5.37. The molecule has 0 spiro atoms. The van der Waals surface area contributed by atoms with E-state index in [1.807, 2.05) is 11.3 Å². The van der Waals surface area contributed by atoms with Crippen molar-refractivity contribution < 1.29 is 0 Å². The number of rotatable bonds is 2. The van der Waals surface area contributed by atoms with Crippen LogP contribution in [-0.2, 0) is 0 Å². The number of hydrogen-bond donors (Lipinski definition) is 0. The molecule has 2 aliphatic rings. The first-order valence-electron chi connectivity index (χ1n) is 13.8. The Balaban J connectivity index is 1.48. The van der Waals surface area contributed by atoms with E-state index in [1.54, 1.807) is 0 Å². The van der Waals surface area contributed by atoms with Crippen LogP contribution in [0.3, 0.4) is 0 Å². The third-order valence-corrected chi connectivity index (χ3v) is 9.85. The van der Waals surface area contributed by atoms with E-state index in [9.17, 15) is 0 Å². The molecule has 0 atom stereocenters. The Morgan fingerprint density at radius 3 is 2.27 bits per heavy atom. The summed E-state index contributed by atoms with van der Waals surface area (Å²) in [7, 11) is 0. The van der Waals surface area contributed by atoms with E-state index in [-0.39, 0.29) is 6.85 Å². The largest absolute Gasteiger partial charge is 0.358 e. The Morgan fingerprint density at radius 2 is 1.43 bits per heavy atom. The van der Waals surface area contributed by atoms with Crippen molar-refractivity contribution in [2.45, 2.75) is 13.8 Å². The number of fused-ring (bicyclic) bond motifs is 6. The highest BCUT2D eigenvalue weighted by Gasteiger charge is 2.45. The van der Waals surface area contributed by atoms with Gasteiger partial charge in [-0.05, 0) is 66.3 Å². The highest BCUT2D eigenvalue weighted by Crippen LogP contribution is 2.47. The van der Waals surface area contributed by atoms with Crippen LogP contribution >= 0.6 is 11.3 Å². The summed E-state index contributed by atoms with van der Waals surface area (Å²) in [5.74, 6) is 1.06. The van der Waals surface area contributed by atoms with Gasteiger partial charge in [0.1, 0.15) is 5.82 Å². The molecule has 2 aromatic heterocycles. The number of imidazole rings is 1. The monoisotopic (exact) mass is 529 g/mol. The summed E-state index contributed by atoms with van der Waals surface area (Å²) in [5.41, 5.74) is 13.7. The lowest BCUT2D eigenvalue weighted by Crippen LogP contribution is -2.55. The minimum atomic E-state index is 0.0347. The number of nitrogens with zero attached hydrogens (tertiary/aromatic N) is 3. The van der Waals surface area contributed by atoms with Crippen molar-refractivity contribution in [2.75, 3.05) is 4.90 Å². The summed E-state index contributed by atoms with van der Waals surface area (Å²) in [5, 5.41) is 1.30. The molecular formula is C35H24BN3S. The number of aromatic nitrogens is 2. The standard InChI is InChI=1S/C35H24BN3S/c1-21-11-8-12-22(2)30(21)35-37-27-18-9-17-25-24-16-10-19-28-31(24)36(39(35)32(25)27)34-33(26-15-6-7-20-29(26)40-34)38(28)23-13-4-3-5-14-23/h3-20H,1-2H3. The number of thiophene rings is 1. The summed E-state index contributed by atoms with van der Waals surface area (Å²) < 4.78 is 5.24. The van der Waals surface area contributed by atoms with Gasteiger partial charge in [0.2, 0.25) is 0 Å². The summed E-state index contributed by atoms with van der Waals surface area (Å²) in [6.45, 7) is 4.45. The third kappa shape index (κ3) is 2.77. The first-order valence-corrected chi connectivity index (χ1v) is 14.6. The Bertz CT molecular complexity index is 2140. The zero-order valence-electron chi connectivity index (χ0n) is 22.2. The van der Waals surface area contributed by atoms with Gasteiger partial charge < -0.3 is 9.38 Å². The van der Waals surface area contributed by atoms with Gasteiger partial charge in [0.25, 0.3) is 0 Å². The van der Waals surface area contributed by atoms with E-state index in [2.05, 4.69) is 132 Å². The van der Waals surface area contributed by atoms with Gasteiger partial charge in [-0.1, -0.05) is 78.9 Å². The molecule has 0 amide bonds. The van der Waals surface area contributed by atoms with Gasteiger partial charge in [0.15, 0.2) is 0 Å².